The maximum atomic E-state index is 12.2. The Labute approximate surface area is 178 Å². The zero-order valence-corrected chi connectivity index (χ0v) is 18.2. The summed E-state index contributed by atoms with van der Waals surface area (Å²) in [6.07, 6.45) is 1.06. The molecule has 3 rings (SSSR count). The third-order valence-electron chi connectivity index (χ3n) is 4.75. The molecule has 1 aliphatic rings. The summed E-state index contributed by atoms with van der Waals surface area (Å²) in [5.74, 6) is 0.998. The fourth-order valence-corrected chi connectivity index (χ4v) is 3.35. The van der Waals surface area contributed by atoms with Crippen LogP contribution in [-0.4, -0.2) is 12.3 Å². The molecule has 5 heteroatoms. The number of aryl methyl sites for hydroxylation is 1. The van der Waals surface area contributed by atoms with Crippen LogP contribution in [-0.2, 0) is 16.1 Å². The monoisotopic (exact) mass is 407 g/mol. The summed E-state index contributed by atoms with van der Waals surface area (Å²) in [5, 5.41) is 3.24. The molecule has 0 saturated heterocycles. The van der Waals surface area contributed by atoms with Crippen LogP contribution in [0.25, 0.3) is 0 Å². The van der Waals surface area contributed by atoms with Gasteiger partial charge in [0, 0.05) is 11.3 Å². The highest BCUT2D eigenvalue weighted by Gasteiger charge is 2.28. The molecule has 2 aromatic carbocycles. The zero-order chi connectivity index (χ0) is 21.7. The Morgan fingerprint density at radius 2 is 1.73 bits per heavy atom. The summed E-state index contributed by atoms with van der Waals surface area (Å²) in [6, 6.07) is 16.1. The number of dihydropyridines is 1. The number of benzene rings is 2. The van der Waals surface area contributed by atoms with Crippen LogP contribution in [0.2, 0.25) is 0 Å². The number of hydrogen-bond donors (Lipinski definition) is 1. The third-order valence-corrected chi connectivity index (χ3v) is 4.75. The summed E-state index contributed by atoms with van der Waals surface area (Å²) < 4.78 is 17.0. The van der Waals surface area contributed by atoms with E-state index in [0.29, 0.717) is 12.4 Å². The van der Waals surface area contributed by atoms with Crippen LogP contribution in [0.3, 0.4) is 0 Å². The van der Waals surface area contributed by atoms with Crippen molar-refractivity contribution in [2.24, 2.45) is 0 Å². The van der Waals surface area contributed by atoms with Gasteiger partial charge >= 0.3 is 6.16 Å². The highest BCUT2D eigenvalue weighted by molar-refractivity contribution is 5.63. The van der Waals surface area contributed by atoms with E-state index in [1.807, 2.05) is 44.2 Å². The van der Waals surface area contributed by atoms with Crippen LogP contribution in [0, 0.1) is 6.92 Å². The van der Waals surface area contributed by atoms with E-state index in [1.54, 1.807) is 13.8 Å². The largest absolute Gasteiger partial charge is 0.513 e. The van der Waals surface area contributed by atoms with Gasteiger partial charge in [0.2, 0.25) is 0 Å². The number of ether oxygens (including phenoxy) is 3. The molecule has 0 aromatic heterocycles. The van der Waals surface area contributed by atoms with Crippen molar-refractivity contribution >= 4 is 6.16 Å². The van der Waals surface area contributed by atoms with E-state index in [0.717, 1.165) is 28.3 Å². The van der Waals surface area contributed by atoms with E-state index >= 15 is 0 Å². The van der Waals surface area contributed by atoms with Crippen molar-refractivity contribution in [3.8, 4) is 5.75 Å². The average Bonchev–Trinajstić information content (AvgIpc) is 2.69. The molecular formula is C25H29NO4. The standard InChI is InChI=1S/C25H29NO4/c1-16(2)29-25(27)30-24-19(5)26-18(4)14-22(24)21-8-6-7-9-23(21)28-15-20-12-10-17(3)11-13-20/h6-14,16,22,26H,15H2,1-5H3. The number of allylic oxidation sites excluding steroid dienone is 3. The minimum atomic E-state index is -0.711. The smallest absolute Gasteiger partial charge is 0.489 e. The maximum Gasteiger partial charge on any atom is 0.513 e. The molecule has 1 unspecified atom stereocenters. The molecule has 1 aliphatic heterocycles. The fourth-order valence-electron chi connectivity index (χ4n) is 3.35. The summed E-state index contributed by atoms with van der Waals surface area (Å²) in [5.41, 5.74) is 4.99. The molecule has 0 saturated carbocycles. The van der Waals surface area contributed by atoms with Gasteiger partial charge in [-0.3, -0.25) is 0 Å². The first-order chi connectivity index (χ1) is 14.3. The van der Waals surface area contributed by atoms with Crippen LogP contribution >= 0.6 is 0 Å². The van der Waals surface area contributed by atoms with Crippen LogP contribution < -0.4 is 10.1 Å². The van der Waals surface area contributed by atoms with Gasteiger partial charge in [-0.1, -0.05) is 54.1 Å². The summed E-state index contributed by atoms with van der Waals surface area (Å²) >= 11 is 0. The quantitative estimate of drug-likeness (QED) is 0.599. The van der Waals surface area contributed by atoms with Gasteiger partial charge in [0.1, 0.15) is 18.1 Å². The molecular weight excluding hydrogens is 378 g/mol. The Morgan fingerprint density at radius 1 is 1.03 bits per heavy atom. The van der Waals surface area contributed by atoms with Crippen molar-refractivity contribution in [2.75, 3.05) is 0 Å². The zero-order valence-electron chi connectivity index (χ0n) is 18.2. The highest BCUT2D eigenvalue weighted by atomic mass is 16.7. The molecule has 0 radical (unpaired) electrons. The lowest BCUT2D eigenvalue weighted by Crippen LogP contribution is -2.24. The topological polar surface area (TPSA) is 56.8 Å². The van der Waals surface area contributed by atoms with Gasteiger partial charge in [-0.25, -0.2) is 4.79 Å². The number of hydrogen-bond acceptors (Lipinski definition) is 5. The van der Waals surface area contributed by atoms with E-state index in [4.69, 9.17) is 14.2 Å². The SMILES string of the molecule is CC1=CC(c2ccccc2OCc2ccc(C)cc2)C(OC(=O)OC(C)C)=C(C)N1. The van der Waals surface area contributed by atoms with Gasteiger partial charge in [-0.15, -0.1) is 0 Å². The molecule has 0 aliphatic carbocycles. The number of nitrogens with one attached hydrogen (secondary N) is 1. The van der Waals surface area contributed by atoms with Gasteiger partial charge in [-0.05, 0) is 46.2 Å². The summed E-state index contributed by atoms with van der Waals surface area (Å²) in [6.45, 7) is 9.97. The minimum absolute atomic E-state index is 0.254. The van der Waals surface area contributed by atoms with E-state index in [1.165, 1.54) is 5.56 Å². The molecule has 1 heterocycles. The molecule has 30 heavy (non-hydrogen) atoms. The lowest BCUT2D eigenvalue weighted by Gasteiger charge is -2.27. The van der Waals surface area contributed by atoms with Gasteiger partial charge in [0.25, 0.3) is 0 Å². The van der Waals surface area contributed by atoms with Crippen LogP contribution in [0.5, 0.6) is 5.75 Å². The second kappa shape index (κ2) is 9.53. The van der Waals surface area contributed by atoms with Crippen molar-refractivity contribution in [3.63, 3.8) is 0 Å². The van der Waals surface area contributed by atoms with Crippen LogP contribution in [0.1, 0.15) is 50.3 Å². The van der Waals surface area contributed by atoms with E-state index in [-0.39, 0.29) is 12.0 Å². The highest BCUT2D eigenvalue weighted by Crippen LogP contribution is 2.38. The molecule has 158 valence electrons. The van der Waals surface area contributed by atoms with Crippen molar-refractivity contribution in [3.05, 3.63) is 88.5 Å². The number of carbonyl (C=O) groups excluding carboxylic acids is 1. The van der Waals surface area contributed by atoms with Gasteiger partial charge in [0.05, 0.1) is 17.7 Å². The molecule has 2 aromatic rings. The van der Waals surface area contributed by atoms with Gasteiger partial charge in [-0.2, -0.15) is 0 Å². The predicted octanol–water partition coefficient (Wildman–Crippen LogP) is 5.96. The lowest BCUT2D eigenvalue weighted by atomic mass is 9.92. The van der Waals surface area contributed by atoms with Gasteiger partial charge < -0.3 is 19.5 Å². The number of rotatable bonds is 6. The molecule has 0 bridgehead atoms. The van der Waals surface area contributed by atoms with E-state index in [9.17, 15) is 4.79 Å². The maximum absolute atomic E-state index is 12.2. The first-order valence-electron chi connectivity index (χ1n) is 10.2. The van der Waals surface area contributed by atoms with Crippen molar-refractivity contribution in [1.82, 2.24) is 5.32 Å². The van der Waals surface area contributed by atoms with E-state index in [2.05, 4.69) is 36.5 Å². The van der Waals surface area contributed by atoms with Crippen molar-refractivity contribution in [2.45, 2.75) is 53.2 Å². The lowest BCUT2D eigenvalue weighted by molar-refractivity contribution is 0.0501. The fraction of sp³-hybridized carbons (Fsp3) is 0.320. The second-order valence-corrected chi connectivity index (χ2v) is 7.77. The second-order valence-electron chi connectivity index (χ2n) is 7.77. The Balaban J connectivity index is 1.87. The Kier molecular flexibility index (Phi) is 6.83. The Bertz CT molecular complexity index is 957. The average molecular weight is 408 g/mol. The van der Waals surface area contributed by atoms with Crippen molar-refractivity contribution < 1.29 is 19.0 Å². The third kappa shape index (κ3) is 5.44. The first-order valence-corrected chi connectivity index (χ1v) is 10.2. The molecule has 5 nitrogen and oxygen atoms in total. The molecule has 0 fully saturated rings. The number of para-hydroxylation sites is 1. The normalized spacial score (nSPS) is 16.1. The van der Waals surface area contributed by atoms with Crippen molar-refractivity contribution in [1.29, 1.82) is 0 Å². The Morgan fingerprint density at radius 3 is 2.43 bits per heavy atom. The van der Waals surface area contributed by atoms with Gasteiger partial charge in [0.15, 0.2) is 0 Å². The van der Waals surface area contributed by atoms with Crippen LogP contribution in [0.4, 0.5) is 4.79 Å². The predicted molar refractivity (Wildman–Crippen MR) is 117 cm³/mol. The van der Waals surface area contributed by atoms with E-state index < -0.39 is 6.16 Å². The molecule has 0 spiro atoms. The number of carbonyl (C=O) groups is 1. The summed E-state index contributed by atoms with van der Waals surface area (Å²) in [4.78, 5) is 12.2. The Hall–Kier alpha value is -3.21. The molecule has 1 N–H and O–H groups in total. The minimum Gasteiger partial charge on any atom is -0.489 e. The summed E-state index contributed by atoms with van der Waals surface area (Å²) in [7, 11) is 0. The first kappa shape index (κ1) is 21.5. The molecule has 1 atom stereocenters. The molecule has 0 amide bonds. The van der Waals surface area contributed by atoms with Crippen LogP contribution in [0.15, 0.2) is 71.8 Å².